The molecule has 0 saturated carbocycles. The van der Waals surface area contributed by atoms with Gasteiger partial charge in [-0.25, -0.2) is 4.79 Å². The topological polar surface area (TPSA) is 57.5 Å². The van der Waals surface area contributed by atoms with Gasteiger partial charge >= 0.3 is 5.97 Å². The Morgan fingerprint density at radius 1 is 1.40 bits per heavy atom. The molecule has 0 spiro atoms. The highest BCUT2D eigenvalue weighted by Gasteiger charge is 2.13. The van der Waals surface area contributed by atoms with Crippen LogP contribution < -0.4 is 0 Å². The highest BCUT2D eigenvalue weighted by atomic mass is 16.4. The van der Waals surface area contributed by atoms with E-state index in [0.717, 1.165) is 18.4 Å². The second kappa shape index (κ2) is 4.82. The Hall–Kier alpha value is -1.51. The van der Waals surface area contributed by atoms with Crippen molar-refractivity contribution in [1.82, 2.24) is 0 Å². The second-order valence-electron chi connectivity index (χ2n) is 3.64. The first-order valence-electron chi connectivity index (χ1n) is 5.12. The number of aromatic carboxylic acids is 1. The largest absolute Gasteiger partial charge is 0.508 e. The van der Waals surface area contributed by atoms with Gasteiger partial charge in [0.15, 0.2) is 0 Å². The lowest BCUT2D eigenvalue weighted by Crippen LogP contribution is -2.04. The fraction of sp³-hybridized carbons (Fsp3) is 0.417. The maximum absolute atomic E-state index is 11.0. The summed E-state index contributed by atoms with van der Waals surface area (Å²) >= 11 is 0. The van der Waals surface area contributed by atoms with Crippen LogP contribution in [0, 0.1) is 6.92 Å². The average molecular weight is 208 g/mol. The van der Waals surface area contributed by atoms with Gasteiger partial charge in [-0.15, -0.1) is 0 Å². The van der Waals surface area contributed by atoms with E-state index in [0.29, 0.717) is 17.5 Å². The van der Waals surface area contributed by atoms with Gasteiger partial charge in [-0.2, -0.15) is 0 Å². The van der Waals surface area contributed by atoms with E-state index in [9.17, 15) is 9.90 Å². The Bertz CT molecular complexity index is 369. The third kappa shape index (κ3) is 2.49. The van der Waals surface area contributed by atoms with Gasteiger partial charge in [0.2, 0.25) is 0 Å². The number of rotatable bonds is 4. The standard InChI is InChI=1S/C12H16O3/c1-3-4-5-9-8(2)11(13)7-6-10(9)12(14)15/h6-7,13H,3-5H2,1-2H3,(H,14,15). The van der Waals surface area contributed by atoms with Crippen molar-refractivity contribution in [2.45, 2.75) is 33.1 Å². The molecular weight excluding hydrogens is 192 g/mol. The van der Waals surface area contributed by atoms with Gasteiger partial charge in [-0.1, -0.05) is 13.3 Å². The van der Waals surface area contributed by atoms with Crippen molar-refractivity contribution in [3.05, 3.63) is 28.8 Å². The molecule has 0 saturated heterocycles. The fourth-order valence-electron chi connectivity index (χ4n) is 1.62. The Morgan fingerprint density at radius 2 is 2.07 bits per heavy atom. The quantitative estimate of drug-likeness (QED) is 0.799. The molecule has 0 bridgehead atoms. The average Bonchev–Trinajstić information content (AvgIpc) is 2.19. The van der Waals surface area contributed by atoms with Crippen LogP contribution in [0.4, 0.5) is 0 Å². The van der Waals surface area contributed by atoms with E-state index in [1.165, 1.54) is 12.1 Å². The molecule has 0 aliphatic heterocycles. The third-order valence-electron chi connectivity index (χ3n) is 2.58. The van der Waals surface area contributed by atoms with Gasteiger partial charge in [-0.3, -0.25) is 0 Å². The summed E-state index contributed by atoms with van der Waals surface area (Å²) in [6, 6.07) is 2.91. The molecule has 15 heavy (non-hydrogen) atoms. The smallest absolute Gasteiger partial charge is 0.335 e. The minimum atomic E-state index is -0.927. The van der Waals surface area contributed by atoms with Gasteiger partial charge in [0.05, 0.1) is 5.56 Å². The second-order valence-corrected chi connectivity index (χ2v) is 3.64. The number of carboxylic acid groups (broad SMARTS) is 1. The first-order chi connectivity index (χ1) is 7.07. The highest BCUT2D eigenvalue weighted by Crippen LogP contribution is 2.25. The number of aromatic hydroxyl groups is 1. The van der Waals surface area contributed by atoms with Crippen LogP contribution in [0.3, 0.4) is 0 Å². The van der Waals surface area contributed by atoms with Crippen LogP contribution in [0.5, 0.6) is 5.75 Å². The lowest BCUT2D eigenvalue weighted by molar-refractivity contribution is 0.0695. The van der Waals surface area contributed by atoms with Crippen molar-refractivity contribution in [3.8, 4) is 5.75 Å². The molecule has 3 heteroatoms. The molecule has 0 radical (unpaired) electrons. The predicted octanol–water partition coefficient (Wildman–Crippen LogP) is 2.74. The molecule has 0 aliphatic rings. The van der Waals surface area contributed by atoms with Crippen molar-refractivity contribution < 1.29 is 15.0 Å². The molecule has 1 aromatic rings. The van der Waals surface area contributed by atoms with Crippen LogP contribution in [-0.2, 0) is 6.42 Å². The molecule has 3 nitrogen and oxygen atoms in total. The number of unbranched alkanes of at least 4 members (excludes halogenated alkanes) is 1. The zero-order chi connectivity index (χ0) is 11.4. The number of carboxylic acids is 1. The van der Waals surface area contributed by atoms with Crippen LogP contribution in [0.15, 0.2) is 12.1 Å². The molecule has 0 heterocycles. The van der Waals surface area contributed by atoms with E-state index >= 15 is 0 Å². The van der Waals surface area contributed by atoms with Crippen LogP contribution in [-0.4, -0.2) is 16.2 Å². The zero-order valence-corrected chi connectivity index (χ0v) is 9.08. The summed E-state index contributed by atoms with van der Waals surface area (Å²) < 4.78 is 0. The molecule has 2 N–H and O–H groups in total. The van der Waals surface area contributed by atoms with Crippen LogP contribution in [0.2, 0.25) is 0 Å². The van der Waals surface area contributed by atoms with Crippen LogP contribution in [0.1, 0.15) is 41.3 Å². The van der Waals surface area contributed by atoms with Crippen molar-refractivity contribution in [2.24, 2.45) is 0 Å². The minimum Gasteiger partial charge on any atom is -0.508 e. The number of hydrogen-bond acceptors (Lipinski definition) is 2. The normalized spacial score (nSPS) is 10.3. The number of phenolic OH excluding ortho intramolecular Hbond substituents is 1. The monoisotopic (exact) mass is 208 g/mol. The van der Waals surface area contributed by atoms with Crippen molar-refractivity contribution in [2.75, 3.05) is 0 Å². The number of carbonyl (C=O) groups is 1. The van der Waals surface area contributed by atoms with E-state index < -0.39 is 5.97 Å². The zero-order valence-electron chi connectivity index (χ0n) is 9.08. The summed E-state index contributed by atoms with van der Waals surface area (Å²) in [7, 11) is 0. The van der Waals surface area contributed by atoms with Gasteiger partial charge < -0.3 is 10.2 Å². The van der Waals surface area contributed by atoms with Gasteiger partial charge in [-0.05, 0) is 43.0 Å². The summed E-state index contributed by atoms with van der Waals surface area (Å²) in [6.45, 7) is 3.81. The number of phenols is 1. The molecule has 0 unspecified atom stereocenters. The lowest BCUT2D eigenvalue weighted by Gasteiger charge is -2.10. The van der Waals surface area contributed by atoms with E-state index in [-0.39, 0.29) is 5.75 Å². The van der Waals surface area contributed by atoms with Crippen LogP contribution >= 0.6 is 0 Å². The van der Waals surface area contributed by atoms with Crippen molar-refractivity contribution in [3.63, 3.8) is 0 Å². The van der Waals surface area contributed by atoms with Crippen molar-refractivity contribution in [1.29, 1.82) is 0 Å². The summed E-state index contributed by atoms with van der Waals surface area (Å²) in [5, 5.41) is 18.5. The molecule has 0 atom stereocenters. The Kier molecular flexibility index (Phi) is 3.72. The van der Waals surface area contributed by atoms with E-state index in [4.69, 9.17) is 5.11 Å². The lowest BCUT2D eigenvalue weighted by atomic mass is 9.96. The molecule has 1 aromatic carbocycles. The molecule has 0 aromatic heterocycles. The fourth-order valence-corrected chi connectivity index (χ4v) is 1.62. The van der Waals surface area contributed by atoms with E-state index in [2.05, 4.69) is 6.92 Å². The van der Waals surface area contributed by atoms with Crippen molar-refractivity contribution >= 4 is 5.97 Å². The molecule has 0 amide bonds. The summed E-state index contributed by atoms with van der Waals surface area (Å²) in [5.41, 5.74) is 1.74. The summed E-state index contributed by atoms with van der Waals surface area (Å²) in [5.74, 6) is -0.754. The summed E-state index contributed by atoms with van der Waals surface area (Å²) in [4.78, 5) is 11.0. The Balaban J connectivity index is 3.16. The molecule has 0 aliphatic carbocycles. The number of hydrogen-bond donors (Lipinski definition) is 2. The Morgan fingerprint density at radius 3 is 2.60 bits per heavy atom. The van der Waals surface area contributed by atoms with Gasteiger partial charge in [0.25, 0.3) is 0 Å². The maximum Gasteiger partial charge on any atom is 0.335 e. The van der Waals surface area contributed by atoms with Gasteiger partial charge in [0, 0.05) is 0 Å². The first kappa shape index (κ1) is 11.6. The molecule has 1 rings (SSSR count). The predicted molar refractivity (Wildman–Crippen MR) is 58.4 cm³/mol. The SMILES string of the molecule is CCCCc1c(C(=O)O)ccc(O)c1C. The molecule has 0 fully saturated rings. The Labute approximate surface area is 89.4 Å². The highest BCUT2D eigenvalue weighted by molar-refractivity contribution is 5.90. The molecule has 82 valence electrons. The number of benzene rings is 1. The molecular formula is C12H16O3. The van der Waals surface area contributed by atoms with E-state index in [1.54, 1.807) is 6.92 Å². The van der Waals surface area contributed by atoms with Crippen LogP contribution in [0.25, 0.3) is 0 Å². The first-order valence-corrected chi connectivity index (χ1v) is 5.12. The third-order valence-corrected chi connectivity index (χ3v) is 2.58. The summed E-state index contributed by atoms with van der Waals surface area (Å²) in [6.07, 6.45) is 2.65. The maximum atomic E-state index is 11.0. The van der Waals surface area contributed by atoms with Gasteiger partial charge in [0.1, 0.15) is 5.75 Å². The van der Waals surface area contributed by atoms with E-state index in [1.807, 2.05) is 0 Å². The minimum absolute atomic E-state index is 0.172.